The molecule has 0 atom stereocenters. The molecule has 0 aliphatic rings. The Morgan fingerprint density at radius 3 is 2.00 bits per heavy atom. The first kappa shape index (κ1) is 9.88. The van der Waals surface area contributed by atoms with Crippen LogP contribution in [0.15, 0.2) is 0 Å². The van der Waals surface area contributed by atoms with Crippen molar-refractivity contribution in [2.45, 2.75) is 12.8 Å². The van der Waals surface area contributed by atoms with Crippen LogP contribution in [0.25, 0.3) is 0 Å². The maximum Gasteiger partial charge on any atom is 0 e. The van der Waals surface area contributed by atoms with Gasteiger partial charge in [0.05, 0.1) is 0 Å². The van der Waals surface area contributed by atoms with Gasteiger partial charge in [-0.15, -0.1) is 6.42 Å². The van der Waals surface area contributed by atoms with E-state index >= 15 is 0 Å². The molecule has 0 N–H and O–H groups in total. The van der Waals surface area contributed by atoms with E-state index < -0.39 is 0 Å². The number of rotatable bonds is 2. The topological polar surface area (TPSA) is 0 Å². The Morgan fingerprint density at radius 1 is 1.50 bits per heavy atom. The zero-order valence-electron chi connectivity index (χ0n) is 3.61. The van der Waals surface area contributed by atoms with Crippen LogP contribution >= 0.6 is 0 Å². The van der Waals surface area contributed by atoms with Gasteiger partial charge in [0.15, 0.2) is 0 Å². The summed E-state index contributed by atoms with van der Waals surface area (Å²) in [5, 5.41) is 0. The van der Waals surface area contributed by atoms with Crippen LogP contribution in [0.2, 0.25) is 0 Å². The monoisotopic (exact) mass is 329 g/mol. The fraction of sp³-hybridized carbons (Fsp3) is 0.750. The van der Waals surface area contributed by atoms with Crippen LogP contribution in [0.3, 0.4) is 0 Å². The van der Waals surface area contributed by atoms with E-state index in [1.165, 1.54) is 0 Å². The van der Waals surface area contributed by atoms with Crippen molar-refractivity contribution in [1.82, 2.24) is 0 Å². The minimum absolute atomic E-state index is 0. The van der Waals surface area contributed by atoms with Crippen molar-refractivity contribution >= 4 is 12.6 Å². The molecule has 0 amide bonds. The van der Waals surface area contributed by atoms with Crippen molar-refractivity contribution in [2.75, 3.05) is 5.75 Å². The largest absolute Gasteiger partial charge is 0.793 e. The van der Waals surface area contributed by atoms with Crippen LogP contribution in [0, 0.1) is 21.2 Å². The fourth-order valence-corrected chi connectivity index (χ4v) is 0.306. The molecule has 2 heteroatoms. The van der Waals surface area contributed by atoms with Crippen LogP contribution in [0.5, 0.6) is 0 Å². The summed E-state index contributed by atoms with van der Waals surface area (Å²) in [6, 6.07) is 0. The van der Waals surface area contributed by atoms with E-state index in [2.05, 4.69) is 19.6 Å². The van der Waals surface area contributed by atoms with Crippen LogP contribution in [-0.2, 0) is 12.6 Å². The first-order valence-electron chi connectivity index (χ1n) is 1.79. The van der Waals surface area contributed by atoms with Gasteiger partial charge in [0.25, 0.3) is 0 Å². The van der Waals surface area contributed by atoms with Crippen molar-refractivity contribution in [3.8, 4) is 0 Å². The van der Waals surface area contributed by atoms with Gasteiger partial charge in [-0.1, -0.05) is 0 Å². The quantitative estimate of drug-likeness (QED) is 0.540. The van der Waals surface area contributed by atoms with Gasteiger partial charge in [0, 0.05) is 14.3 Å². The summed E-state index contributed by atoms with van der Waals surface area (Å²) in [4.78, 5) is 0. The molecular formula is C4H8AmS-2. The van der Waals surface area contributed by atoms with Gasteiger partial charge < -0.3 is 19.6 Å². The molecule has 1 radical (unpaired) electrons. The second kappa shape index (κ2) is 9.22. The molecule has 0 nitrogen and oxygen atoms in total. The molecule has 39 valence electrons. The Hall–Kier alpha value is 0.740. The molecule has 0 aliphatic heterocycles. The Balaban J connectivity index is 0. The van der Waals surface area contributed by atoms with E-state index in [0.717, 1.165) is 18.6 Å². The normalized spacial score (nSPS) is 7.00. The minimum Gasteiger partial charge on any atom is -0.793 e. The Morgan fingerprint density at radius 2 is 2.00 bits per heavy atom. The third-order valence-corrected chi connectivity index (χ3v) is 0.683. The fourth-order valence-electron chi connectivity index (χ4n) is 0.102. The molecule has 0 aliphatic carbocycles. The number of hydrogen-bond donors (Lipinski definition) is 0. The van der Waals surface area contributed by atoms with E-state index in [1.807, 2.05) is 0 Å². The molecule has 0 unspecified atom stereocenters. The molecule has 0 heterocycles. The Kier molecular flexibility index (Phi) is 15.2. The van der Waals surface area contributed by atoms with Gasteiger partial charge in [-0.25, -0.2) is 0 Å². The Bertz CT molecular complexity index is 15.0. The molecule has 0 aromatic rings. The third kappa shape index (κ3) is 8.83. The molecule has 6 heavy (non-hydrogen) atoms. The maximum absolute atomic E-state index is 4.61. The van der Waals surface area contributed by atoms with Gasteiger partial charge in [0.2, 0.25) is 0 Å². The first-order chi connectivity index (χ1) is 2.41. The van der Waals surface area contributed by atoms with Crippen molar-refractivity contribution in [2.24, 2.45) is 0 Å². The second-order valence-electron chi connectivity index (χ2n) is 0.911. The maximum atomic E-state index is 4.61. The average Bonchev–Trinajstić information content (AvgIpc) is 1.41. The van der Waals surface area contributed by atoms with E-state index in [0.29, 0.717) is 0 Å². The SMILES string of the molecule is [Am].[CH2-]CCC[S-]. The summed E-state index contributed by atoms with van der Waals surface area (Å²) in [7, 11) is 0. The van der Waals surface area contributed by atoms with Crippen molar-refractivity contribution in [3.63, 3.8) is 0 Å². The van der Waals surface area contributed by atoms with E-state index in [-0.39, 0.29) is 14.3 Å². The zero-order valence-corrected chi connectivity index (χ0v) is 7.58. The molecule has 0 aromatic heterocycles. The molecule has 0 fully saturated rings. The summed E-state index contributed by atoms with van der Waals surface area (Å²) in [5.74, 6) is 0.865. The van der Waals surface area contributed by atoms with Crippen LogP contribution in [0.4, 0.5) is 0 Å². The van der Waals surface area contributed by atoms with Gasteiger partial charge in [-0.05, 0) is 0 Å². The average molecular weight is 331 g/mol. The van der Waals surface area contributed by atoms with Gasteiger partial charge in [-0.3, -0.25) is 0 Å². The predicted octanol–water partition coefficient (Wildman–Crippen LogP) is 1.15. The Labute approximate surface area is 52.9 Å². The molecule has 0 spiro atoms. The minimum atomic E-state index is 0. The first-order valence-corrected chi connectivity index (χ1v) is 2.37. The molecule has 0 saturated heterocycles. The zero-order chi connectivity index (χ0) is 4.12. The molecule has 0 saturated carbocycles. The molecule has 0 aromatic carbocycles. The number of hydrogen-bond acceptors (Lipinski definition) is 1. The van der Waals surface area contributed by atoms with Crippen LogP contribution < -0.4 is 0 Å². The summed E-state index contributed by atoms with van der Waals surface area (Å²) in [5.41, 5.74) is 0. The second-order valence-corrected chi connectivity index (χ2v) is 1.32. The van der Waals surface area contributed by atoms with E-state index in [9.17, 15) is 0 Å². The van der Waals surface area contributed by atoms with Gasteiger partial charge in [-0.2, -0.15) is 12.2 Å². The summed E-state index contributed by atoms with van der Waals surface area (Å²) >= 11 is 4.61. The van der Waals surface area contributed by atoms with E-state index in [4.69, 9.17) is 0 Å². The molecule has 0 bridgehead atoms. The molecule has 0 rings (SSSR count). The van der Waals surface area contributed by atoms with Gasteiger partial charge in [0.1, 0.15) is 0 Å². The number of unbranched alkanes of at least 4 members (excludes halogenated alkanes) is 1. The van der Waals surface area contributed by atoms with Crippen molar-refractivity contribution in [3.05, 3.63) is 6.92 Å². The van der Waals surface area contributed by atoms with Crippen molar-refractivity contribution < 1.29 is 14.3 Å². The molecular weight excluding hydrogens is 323 g/mol. The standard InChI is InChI=1S/C4H9S.Am/c1-2-3-4-5;/h5H,1-4H2;/q-1;/p-1. The van der Waals surface area contributed by atoms with Gasteiger partial charge >= 0.3 is 0 Å². The van der Waals surface area contributed by atoms with Crippen LogP contribution in [0.1, 0.15) is 12.8 Å². The summed E-state index contributed by atoms with van der Waals surface area (Å²) in [6.45, 7) is 3.61. The van der Waals surface area contributed by atoms with Crippen molar-refractivity contribution in [1.29, 1.82) is 0 Å². The smallest absolute Gasteiger partial charge is 0 e. The summed E-state index contributed by atoms with van der Waals surface area (Å²) < 4.78 is 0. The summed E-state index contributed by atoms with van der Waals surface area (Å²) in [6.07, 6.45) is 2.08. The third-order valence-electron chi connectivity index (χ3n) is 0.394. The predicted molar refractivity (Wildman–Crippen MR) is 26.8 cm³/mol. The van der Waals surface area contributed by atoms with E-state index in [1.54, 1.807) is 0 Å². The van der Waals surface area contributed by atoms with Crippen LogP contribution in [-0.4, -0.2) is 5.75 Å².